The fraction of sp³-hybridized carbons (Fsp3) is 0.565. The molecular formula is C23H33N3O4S. The van der Waals surface area contributed by atoms with Gasteiger partial charge in [0.25, 0.3) is 0 Å². The molecule has 3 rings (SSSR count). The predicted octanol–water partition coefficient (Wildman–Crippen LogP) is 3.89. The van der Waals surface area contributed by atoms with Crippen LogP contribution >= 0.6 is 11.8 Å². The van der Waals surface area contributed by atoms with Crippen LogP contribution in [0, 0.1) is 6.92 Å². The molecule has 2 aromatic rings. The molecule has 1 aliphatic heterocycles. The second kappa shape index (κ2) is 11.4. The Labute approximate surface area is 188 Å². The lowest BCUT2D eigenvalue weighted by atomic mass is 10.0. The van der Waals surface area contributed by atoms with Gasteiger partial charge in [0.15, 0.2) is 11.5 Å². The smallest absolute Gasteiger partial charge is 0.230 e. The Bertz CT molecular complexity index is 871. The van der Waals surface area contributed by atoms with Crippen LogP contribution in [0.2, 0.25) is 0 Å². The Kier molecular flexibility index (Phi) is 8.66. The molecule has 0 aliphatic carbocycles. The van der Waals surface area contributed by atoms with Crippen molar-refractivity contribution >= 4 is 17.7 Å². The molecule has 2 heterocycles. The van der Waals surface area contributed by atoms with Gasteiger partial charge in [0.1, 0.15) is 5.76 Å². The molecule has 8 heteroatoms. The third kappa shape index (κ3) is 6.40. The summed E-state index contributed by atoms with van der Waals surface area (Å²) in [6.45, 7) is 6.94. The minimum absolute atomic E-state index is 0.0657. The lowest BCUT2D eigenvalue weighted by Gasteiger charge is -2.33. The van der Waals surface area contributed by atoms with Crippen LogP contribution in [-0.2, 0) is 10.5 Å². The number of rotatable bonds is 10. The van der Waals surface area contributed by atoms with Crippen molar-refractivity contribution in [3.05, 3.63) is 29.7 Å². The number of oxazole rings is 1. The Morgan fingerprint density at radius 3 is 2.84 bits per heavy atom. The fourth-order valence-corrected chi connectivity index (χ4v) is 4.63. The second-order valence-electron chi connectivity index (χ2n) is 7.82. The predicted molar refractivity (Wildman–Crippen MR) is 124 cm³/mol. The standard InChI is InChI=1S/C23H33N3O4S/c1-16-7-5-6-11-26(16)12-10-24-22(27)15-31-14-19-17(2)30-23(25-19)18-8-9-20(28-3)21(13-18)29-4/h8-9,13,16H,5-7,10-12,14-15H2,1-4H3,(H,24,27)/t16-/m0/s1. The first-order chi connectivity index (χ1) is 15.0. The number of nitrogens with one attached hydrogen (secondary N) is 1. The molecular weight excluding hydrogens is 414 g/mol. The zero-order chi connectivity index (χ0) is 22.2. The molecule has 31 heavy (non-hydrogen) atoms. The van der Waals surface area contributed by atoms with E-state index in [-0.39, 0.29) is 5.91 Å². The van der Waals surface area contributed by atoms with Gasteiger partial charge in [-0.25, -0.2) is 4.98 Å². The van der Waals surface area contributed by atoms with Crippen molar-refractivity contribution in [2.75, 3.05) is 39.6 Å². The zero-order valence-electron chi connectivity index (χ0n) is 18.9. The van der Waals surface area contributed by atoms with Gasteiger partial charge >= 0.3 is 0 Å². The normalized spacial score (nSPS) is 16.8. The molecule has 1 aromatic heterocycles. The van der Waals surface area contributed by atoms with Gasteiger partial charge in [0, 0.05) is 30.4 Å². The van der Waals surface area contributed by atoms with Crippen molar-refractivity contribution in [2.45, 2.75) is 44.9 Å². The first-order valence-corrected chi connectivity index (χ1v) is 11.9. The van der Waals surface area contributed by atoms with Gasteiger partial charge in [-0.1, -0.05) is 6.42 Å². The Hall–Kier alpha value is -2.19. The van der Waals surface area contributed by atoms with Crippen molar-refractivity contribution in [1.29, 1.82) is 0 Å². The molecule has 1 N–H and O–H groups in total. The van der Waals surface area contributed by atoms with Crippen LogP contribution in [0.3, 0.4) is 0 Å². The monoisotopic (exact) mass is 447 g/mol. The molecule has 1 aliphatic rings. The Morgan fingerprint density at radius 1 is 1.29 bits per heavy atom. The van der Waals surface area contributed by atoms with Gasteiger partial charge in [0.2, 0.25) is 11.8 Å². The molecule has 1 aromatic carbocycles. The summed E-state index contributed by atoms with van der Waals surface area (Å²) in [6.07, 6.45) is 3.83. The van der Waals surface area contributed by atoms with E-state index < -0.39 is 0 Å². The molecule has 1 amide bonds. The van der Waals surface area contributed by atoms with Crippen LogP contribution in [0.15, 0.2) is 22.6 Å². The maximum Gasteiger partial charge on any atom is 0.230 e. The summed E-state index contributed by atoms with van der Waals surface area (Å²) < 4.78 is 16.5. The molecule has 1 fully saturated rings. The van der Waals surface area contributed by atoms with E-state index in [1.54, 1.807) is 26.0 Å². The van der Waals surface area contributed by atoms with Crippen molar-refractivity contribution in [2.24, 2.45) is 0 Å². The van der Waals surface area contributed by atoms with E-state index in [0.29, 0.717) is 41.5 Å². The van der Waals surface area contributed by atoms with Crippen LogP contribution in [0.4, 0.5) is 0 Å². The lowest BCUT2D eigenvalue weighted by molar-refractivity contribution is -0.118. The lowest BCUT2D eigenvalue weighted by Crippen LogP contribution is -2.42. The van der Waals surface area contributed by atoms with Crippen LogP contribution in [0.25, 0.3) is 11.5 Å². The molecule has 1 atom stereocenters. The minimum atomic E-state index is 0.0657. The minimum Gasteiger partial charge on any atom is -0.493 e. The first kappa shape index (κ1) is 23.5. The van der Waals surface area contributed by atoms with E-state index in [4.69, 9.17) is 13.9 Å². The summed E-state index contributed by atoms with van der Waals surface area (Å²) in [7, 11) is 3.20. The van der Waals surface area contributed by atoms with Crippen molar-refractivity contribution in [3.8, 4) is 23.0 Å². The van der Waals surface area contributed by atoms with Crippen LogP contribution in [0.1, 0.15) is 37.6 Å². The molecule has 0 unspecified atom stereocenters. The maximum atomic E-state index is 12.2. The molecule has 7 nitrogen and oxygen atoms in total. The number of aryl methyl sites for hydroxylation is 1. The van der Waals surface area contributed by atoms with Crippen molar-refractivity contribution in [3.63, 3.8) is 0 Å². The number of hydrogen-bond donors (Lipinski definition) is 1. The number of carbonyl (C=O) groups excluding carboxylic acids is 1. The second-order valence-corrected chi connectivity index (χ2v) is 8.80. The average Bonchev–Trinajstić information content (AvgIpc) is 3.15. The molecule has 1 saturated heterocycles. The number of aromatic nitrogens is 1. The van der Waals surface area contributed by atoms with E-state index >= 15 is 0 Å². The van der Waals surface area contributed by atoms with E-state index in [1.165, 1.54) is 19.3 Å². The molecule has 0 bridgehead atoms. The number of likely N-dealkylation sites (tertiary alicyclic amines) is 1. The number of carbonyl (C=O) groups is 1. The topological polar surface area (TPSA) is 76.8 Å². The number of benzene rings is 1. The van der Waals surface area contributed by atoms with Gasteiger partial charge in [-0.05, 0) is 51.4 Å². The highest BCUT2D eigenvalue weighted by molar-refractivity contribution is 7.99. The van der Waals surface area contributed by atoms with Gasteiger partial charge in [-0.3, -0.25) is 9.69 Å². The highest BCUT2D eigenvalue weighted by Crippen LogP contribution is 2.33. The summed E-state index contributed by atoms with van der Waals surface area (Å²) >= 11 is 1.54. The fourth-order valence-electron chi connectivity index (χ4n) is 3.77. The summed E-state index contributed by atoms with van der Waals surface area (Å²) in [6, 6.07) is 6.18. The van der Waals surface area contributed by atoms with Crippen LogP contribution < -0.4 is 14.8 Å². The highest BCUT2D eigenvalue weighted by Gasteiger charge is 2.18. The number of hydrogen-bond acceptors (Lipinski definition) is 7. The molecule has 170 valence electrons. The Morgan fingerprint density at radius 2 is 2.10 bits per heavy atom. The number of amides is 1. The largest absolute Gasteiger partial charge is 0.493 e. The number of nitrogens with zero attached hydrogens (tertiary/aromatic N) is 2. The van der Waals surface area contributed by atoms with E-state index in [9.17, 15) is 4.79 Å². The SMILES string of the molecule is COc1ccc(-c2nc(CSCC(=O)NCCN3CCCC[C@@H]3C)c(C)o2)cc1OC. The zero-order valence-corrected chi connectivity index (χ0v) is 19.7. The Balaban J connectivity index is 1.46. The number of piperidine rings is 1. The number of ether oxygens (including phenoxy) is 2. The number of methoxy groups -OCH3 is 2. The van der Waals surface area contributed by atoms with Gasteiger partial charge < -0.3 is 19.2 Å². The maximum absolute atomic E-state index is 12.2. The first-order valence-electron chi connectivity index (χ1n) is 10.8. The third-order valence-electron chi connectivity index (χ3n) is 5.66. The van der Waals surface area contributed by atoms with E-state index in [1.807, 2.05) is 25.1 Å². The summed E-state index contributed by atoms with van der Waals surface area (Å²) in [5.41, 5.74) is 1.67. The van der Waals surface area contributed by atoms with Crippen LogP contribution in [-0.4, -0.2) is 61.4 Å². The summed E-state index contributed by atoms with van der Waals surface area (Å²) in [5, 5.41) is 3.03. The average molecular weight is 448 g/mol. The van der Waals surface area contributed by atoms with Crippen molar-refractivity contribution in [1.82, 2.24) is 15.2 Å². The van der Waals surface area contributed by atoms with E-state index in [2.05, 4.69) is 22.1 Å². The van der Waals surface area contributed by atoms with E-state index in [0.717, 1.165) is 30.1 Å². The van der Waals surface area contributed by atoms with Crippen molar-refractivity contribution < 1.29 is 18.7 Å². The quantitative estimate of drug-likeness (QED) is 0.592. The van der Waals surface area contributed by atoms with Gasteiger partial charge in [-0.15, -0.1) is 11.8 Å². The third-order valence-corrected chi connectivity index (χ3v) is 6.60. The molecule has 0 radical (unpaired) electrons. The summed E-state index contributed by atoms with van der Waals surface area (Å²) in [5.74, 6) is 3.68. The molecule has 0 spiro atoms. The van der Waals surface area contributed by atoms with Gasteiger partial charge in [0.05, 0.1) is 25.7 Å². The van der Waals surface area contributed by atoms with Crippen LogP contribution in [0.5, 0.6) is 11.5 Å². The molecule has 0 saturated carbocycles. The number of thioether (sulfide) groups is 1. The highest BCUT2D eigenvalue weighted by atomic mass is 32.2. The summed E-state index contributed by atoms with van der Waals surface area (Å²) in [4.78, 5) is 19.3. The van der Waals surface area contributed by atoms with Gasteiger partial charge in [-0.2, -0.15) is 0 Å².